The summed E-state index contributed by atoms with van der Waals surface area (Å²) in [7, 11) is 1.65. The van der Waals surface area contributed by atoms with Crippen molar-refractivity contribution in [2.24, 2.45) is 0 Å². The predicted molar refractivity (Wildman–Crippen MR) is 113 cm³/mol. The van der Waals surface area contributed by atoms with Gasteiger partial charge >= 0.3 is 0 Å². The third kappa shape index (κ3) is 4.28. The second-order valence-corrected chi connectivity index (χ2v) is 7.76. The van der Waals surface area contributed by atoms with Crippen LogP contribution in [0.1, 0.15) is 36.7 Å². The van der Waals surface area contributed by atoms with Gasteiger partial charge in [0, 0.05) is 17.7 Å². The number of benzene rings is 2. The van der Waals surface area contributed by atoms with Gasteiger partial charge < -0.3 is 9.30 Å². The van der Waals surface area contributed by atoms with Gasteiger partial charge in [0.05, 0.1) is 12.4 Å². The van der Waals surface area contributed by atoms with Crippen molar-refractivity contribution in [2.45, 2.75) is 44.1 Å². The van der Waals surface area contributed by atoms with Gasteiger partial charge in [0.2, 0.25) is 0 Å². The van der Waals surface area contributed by atoms with E-state index in [0.29, 0.717) is 0 Å². The van der Waals surface area contributed by atoms with Crippen LogP contribution >= 0.6 is 11.8 Å². The van der Waals surface area contributed by atoms with Gasteiger partial charge in [0.15, 0.2) is 16.8 Å². The average molecular weight is 396 g/mol. The van der Waals surface area contributed by atoms with E-state index in [1.165, 1.54) is 17.3 Å². The third-order valence-electron chi connectivity index (χ3n) is 4.68. The minimum atomic E-state index is -0.245. The van der Waals surface area contributed by atoms with Crippen molar-refractivity contribution in [1.29, 1.82) is 0 Å². The first-order valence-corrected chi connectivity index (χ1v) is 10.3. The second-order valence-electron chi connectivity index (χ2n) is 6.45. The Labute approximate surface area is 170 Å². The summed E-state index contributed by atoms with van der Waals surface area (Å²) in [5, 5.41) is 9.21. The molecule has 0 unspecified atom stereocenters. The zero-order valence-electron chi connectivity index (χ0n) is 16.7. The molecular formula is C22H25N3O2S. The van der Waals surface area contributed by atoms with E-state index in [0.717, 1.165) is 40.8 Å². The minimum Gasteiger partial charge on any atom is -0.497 e. The van der Waals surface area contributed by atoms with E-state index in [1.807, 2.05) is 60.0 Å². The van der Waals surface area contributed by atoms with Crippen molar-refractivity contribution in [3.05, 3.63) is 59.7 Å². The van der Waals surface area contributed by atoms with E-state index >= 15 is 0 Å². The smallest absolute Gasteiger partial charge is 0.192 e. The van der Waals surface area contributed by atoms with Crippen LogP contribution in [0.15, 0.2) is 53.7 Å². The first-order chi connectivity index (χ1) is 13.6. The van der Waals surface area contributed by atoms with Crippen molar-refractivity contribution in [1.82, 2.24) is 14.8 Å². The van der Waals surface area contributed by atoms with Crippen molar-refractivity contribution in [3.63, 3.8) is 0 Å². The number of hydrogen-bond donors (Lipinski definition) is 0. The van der Waals surface area contributed by atoms with Gasteiger partial charge in [-0.2, -0.15) is 0 Å². The van der Waals surface area contributed by atoms with Gasteiger partial charge in [0.1, 0.15) is 5.75 Å². The molecule has 146 valence electrons. The van der Waals surface area contributed by atoms with Crippen LogP contribution in [0.5, 0.6) is 5.75 Å². The summed E-state index contributed by atoms with van der Waals surface area (Å²) < 4.78 is 7.26. The zero-order chi connectivity index (χ0) is 20.1. The number of carbonyl (C=O) groups excluding carboxylic acids is 1. The Balaban J connectivity index is 1.79. The maximum atomic E-state index is 12.8. The molecule has 28 heavy (non-hydrogen) atoms. The number of Topliss-reactive ketones (excluding diaryl/α,β-unsaturated/α-hetero) is 1. The Kier molecular flexibility index (Phi) is 6.52. The van der Waals surface area contributed by atoms with Crippen molar-refractivity contribution in [2.75, 3.05) is 7.11 Å². The van der Waals surface area contributed by atoms with Gasteiger partial charge in [-0.3, -0.25) is 4.79 Å². The highest BCUT2D eigenvalue weighted by atomic mass is 32.2. The Morgan fingerprint density at radius 3 is 2.32 bits per heavy atom. The third-order valence-corrected chi connectivity index (χ3v) is 5.76. The number of aryl methyl sites for hydroxylation is 1. The first-order valence-electron chi connectivity index (χ1n) is 9.44. The van der Waals surface area contributed by atoms with Gasteiger partial charge in [-0.1, -0.05) is 43.0 Å². The normalized spacial score (nSPS) is 12.0. The maximum Gasteiger partial charge on any atom is 0.192 e. The monoisotopic (exact) mass is 395 g/mol. The van der Waals surface area contributed by atoms with Crippen molar-refractivity contribution in [3.8, 4) is 17.1 Å². The number of carbonyl (C=O) groups is 1. The lowest BCUT2D eigenvalue weighted by molar-refractivity contribution is 0.0994. The van der Waals surface area contributed by atoms with Crippen LogP contribution in [-0.2, 0) is 13.0 Å². The van der Waals surface area contributed by atoms with E-state index in [4.69, 9.17) is 4.74 Å². The lowest BCUT2D eigenvalue weighted by Crippen LogP contribution is -2.14. The van der Waals surface area contributed by atoms with Crippen molar-refractivity contribution < 1.29 is 9.53 Å². The summed E-state index contributed by atoms with van der Waals surface area (Å²) in [5.41, 5.74) is 2.93. The SMILES string of the molecule is CCc1ccc(C(=O)[C@@H](C)Sc2nnc(-c3ccc(OC)cc3)n2CC)cc1. The molecule has 6 heteroatoms. The highest BCUT2D eigenvalue weighted by Gasteiger charge is 2.21. The molecular weight excluding hydrogens is 370 g/mol. The molecule has 2 aromatic carbocycles. The van der Waals surface area contributed by atoms with Crippen LogP contribution < -0.4 is 4.74 Å². The van der Waals surface area contributed by atoms with Crippen LogP contribution in [0.3, 0.4) is 0 Å². The molecule has 0 spiro atoms. The number of thioether (sulfide) groups is 1. The molecule has 0 radical (unpaired) electrons. The molecule has 0 N–H and O–H groups in total. The van der Waals surface area contributed by atoms with Crippen LogP contribution in [0.25, 0.3) is 11.4 Å². The molecule has 1 atom stereocenters. The highest BCUT2D eigenvalue weighted by molar-refractivity contribution is 8.00. The summed E-state index contributed by atoms with van der Waals surface area (Å²) >= 11 is 1.45. The lowest BCUT2D eigenvalue weighted by atomic mass is 10.1. The van der Waals surface area contributed by atoms with Gasteiger partial charge in [0.25, 0.3) is 0 Å². The fourth-order valence-corrected chi connectivity index (χ4v) is 3.96. The number of nitrogens with zero attached hydrogens (tertiary/aromatic N) is 3. The summed E-state index contributed by atoms with van der Waals surface area (Å²) in [6.45, 7) is 6.80. The molecule has 3 aromatic rings. The Bertz CT molecular complexity index is 933. The molecule has 0 saturated heterocycles. The quantitative estimate of drug-likeness (QED) is 0.401. The number of rotatable bonds is 8. The van der Waals surface area contributed by atoms with Crippen LogP contribution in [0.2, 0.25) is 0 Å². The summed E-state index contributed by atoms with van der Waals surface area (Å²) in [5.74, 6) is 1.69. The summed E-state index contributed by atoms with van der Waals surface area (Å²) in [6, 6.07) is 15.6. The molecule has 1 heterocycles. The molecule has 0 aliphatic heterocycles. The average Bonchev–Trinajstić information content (AvgIpc) is 3.15. The van der Waals surface area contributed by atoms with E-state index < -0.39 is 0 Å². The Morgan fingerprint density at radius 2 is 1.75 bits per heavy atom. The zero-order valence-corrected chi connectivity index (χ0v) is 17.5. The maximum absolute atomic E-state index is 12.8. The standard InChI is InChI=1S/C22H25N3O2S/c1-5-16-7-9-17(10-8-16)20(26)15(3)28-22-24-23-21(25(22)6-2)18-11-13-19(27-4)14-12-18/h7-15H,5-6H2,1-4H3/t15-/m1/s1. The Morgan fingerprint density at radius 1 is 1.07 bits per heavy atom. The summed E-state index contributed by atoms with van der Waals surface area (Å²) in [6.07, 6.45) is 0.965. The molecule has 0 aliphatic carbocycles. The van der Waals surface area contributed by atoms with E-state index in [-0.39, 0.29) is 11.0 Å². The number of hydrogen-bond acceptors (Lipinski definition) is 5. The lowest BCUT2D eigenvalue weighted by Gasteiger charge is -2.12. The molecule has 3 rings (SSSR count). The second kappa shape index (κ2) is 9.06. The fraction of sp³-hybridized carbons (Fsp3) is 0.318. The molecule has 0 aliphatic rings. The molecule has 0 fully saturated rings. The van der Waals surface area contributed by atoms with Crippen LogP contribution in [0.4, 0.5) is 0 Å². The largest absolute Gasteiger partial charge is 0.497 e. The van der Waals surface area contributed by atoms with Crippen molar-refractivity contribution >= 4 is 17.5 Å². The van der Waals surface area contributed by atoms with Crippen LogP contribution in [0, 0.1) is 0 Å². The van der Waals surface area contributed by atoms with Crippen LogP contribution in [-0.4, -0.2) is 32.9 Å². The van der Waals surface area contributed by atoms with Gasteiger partial charge in [-0.25, -0.2) is 0 Å². The first kappa shape index (κ1) is 20.1. The Hall–Kier alpha value is -2.60. The molecule has 1 aromatic heterocycles. The predicted octanol–water partition coefficient (Wildman–Crippen LogP) is 4.90. The molecule has 0 saturated carbocycles. The van der Waals surface area contributed by atoms with E-state index in [9.17, 15) is 4.79 Å². The number of methoxy groups -OCH3 is 1. The fourth-order valence-electron chi connectivity index (χ4n) is 2.97. The number of ketones is 1. The van der Waals surface area contributed by atoms with E-state index in [2.05, 4.69) is 24.0 Å². The number of aromatic nitrogens is 3. The number of ether oxygens (including phenoxy) is 1. The van der Waals surface area contributed by atoms with E-state index in [1.54, 1.807) is 7.11 Å². The summed E-state index contributed by atoms with van der Waals surface area (Å²) in [4.78, 5) is 12.8. The topological polar surface area (TPSA) is 57.0 Å². The molecule has 5 nitrogen and oxygen atoms in total. The highest BCUT2D eigenvalue weighted by Crippen LogP contribution is 2.29. The van der Waals surface area contributed by atoms with Gasteiger partial charge in [-0.05, 0) is 50.1 Å². The minimum absolute atomic E-state index is 0.101. The van der Waals surface area contributed by atoms with Gasteiger partial charge in [-0.15, -0.1) is 10.2 Å². The molecule has 0 amide bonds. The molecule has 0 bridgehead atoms.